The van der Waals surface area contributed by atoms with Gasteiger partial charge in [0.15, 0.2) is 5.69 Å². The van der Waals surface area contributed by atoms with Crippen molar-refractivity contribution in [2.45, 2.75) is 0 Å². The number of carbonyl (C=O) groups is 1. The molecule has 6 heteroatoms. The molecule has 1 aromatic rings. The average Bonchev–Trinajstić information content (AvgIpc) is 2.03. The summed E-state index contributed by atoms with van der Waals surface area (Å²) in [6.07, 6.45) is 1.18. The predicted octanol–water partition coefficient (Wildman–Crippen LogP) is 0.312. The van der Waals surface area contributed by atoms with Crippen molar-refractivity contribution in [3.8, 4) is 0 Å². The Bertz CT molecular complexity index is 278. The smallest absolute Gasteiger partial charge is 0.358 e. The van der Waals surface area contributed by atoms with E-state index in [1.54, 1.807) is 0 Å². The van der Waals surface area contributed by atoms with Gasteiger partial charge in [-0.2, -0.15) is 5.10 Å². The number of rotatable bonds is 1. The van der Waals surface area contributed by atoms with Crippen LogP contribution in [0.5, 0.6) is 0 Å². The van der Waals surface area contributed by atoms with Crippen molar-refractivity contribution in [2.75, 3.05) is 7.11 Å². The molecule has 0 bridgehead atoms. The Morgan fingerprint density at radius 3 is 3.00 bits per heavy atom. The zero-order chi connectivity index (χ0) is 8.27. The minimum atomic E-state index is -0.582. The monoisotopic (exact) mass is 173 g/mol. The van der Waals surface area contributed by atoms with Gasteiger partial charge < -0.3 is 4.74 Å². The van der Waals surface area contributed by atoms with E-state index in [1.165, 1.54) is 13.3 Å². The second kappa shape index (κ2) is 3.25. The lowest BCUT2D eigenvalue weighted by molar-refractivity contribution is 0.0593. The largest absolute Gasteiger partial charge is 0.464 e. The van der Waals surface area contributed by atoms with Gasteiger partial charge in [-0.3, -0.25) is 0 Å². The summed E-state index contributed by atoms with van der Waals surface area (Å²) >= 11 is 5.35. The van der Waals surface area contributed by atoms with Crippen molar-refractivity contribution in [1.82, 2.24) is 15.2 Å². The summed E-state index contributed by atoms with van der Waals surface area (Å²) in [7, 11) is 1.25. The van der Waals surface area contributed by atoms with Crippen LogP contribution in [0, 0.1) is 0 Å². The Kier molecular flexibility index (Phi) is 2.32. The maximum atomic E-state index is 10.8. The van der Waals surface area contributed by atoms with Crippen molar-refractivity contribution in [3.05, 3.63) is 17.2 Å². The van der Waals surface area contributed by atoms with Gasteiger partial charge in [0.05, 0.1) is 13.3 Å². The lowest BCUT2D eigenvalue weighted by atomic mass is 10.5. The van der Waals surface area contributed by atoms with Crippen LogP contribution < -0.4 is 0 Å². The molecule has 1 heterocycles. The molecule has 0 radical (unpaired) electrons. The normalized spacial score (nSPS) is 9.27. The summed E-state index contributed by atoms with van der Waals surface area (Å²) in [6.45, 7) is 0. The molecule has 0 N–H and O–H groups in total. The van der Waals surface area contributed by atoms with Gasteiger partial charge in [-0.25, -0.2) is 9.78 Å². The first-order valence-electron chi connectivity index (χ1n) is 2.67. The molecule has 0 aliphatic rings. The van der Waals surface area contributed by atoms with Crippen LogP contribution in [0.2, 0.25) is 5.28 Å². The van der Waals surface area contributed by atoms with E-state index in [-0.39, 0.29) is 11.0 Å². The van der Waals surface area contributed by atoms with E-state index in [4.69, 9.17) is 11.6 Å². The van der Waals surface area contributed by atoms with E-state index in [9.17, 15) is 4.79 Å². The second-order valence-corrected chi connectivity index (χ2v) is 1.94. The van der Waals surface area contributed by atoms with Gasteiger partial charge in [0.1, 0.15) is 0 Å². The number of halogens is 1. The van der Waals surface area contributed by atoms with Crippen LogP contribution in [-0.4, -0.2) is 28.3 Å². The van der Waals surface area contributed by atoms with Crippen molar-refractivity contribution >= 4 is 17.6 Å². The fourth-order valence-corrected chi connectivity index (χ4v) is 0.619. The van der Waals surface area contributed by atoms with Gasteiger partial charge >= 0.3 is 5.97 Å². The van der Waals surface area contributed by atoms with E-state index < -0.39 is 5.97 Å². The van der Waals surface area contributed by atoms with Crippen LogP contribution in [0.15, 0.2) is 6.20 Å². The van der Waals surface area contributed by atoms with Crippen LogP contribution in [-0.2, 0) is 4.74 Å². The molecular formula is C5H4ClN3O2. The zero-order valence-corrected chi connectivity index (χ0v) is 6.37. The van der Waals surface area contributed by atoms with E-state index in [1.807, 2.05) is 0 Å². The molecule has 0 aromatic carbocycles. The first-order valence-corrected chi connectivity index (χ1v) is 3.05. The summed E-state index contributed by atoms with van der Waals surface area (Å²) in [5.41, 5.74) is 0.0486. The molecule has 0 saturated carbocycles. The number of hydrogen-bond acceptors (Lipinski definition) is 5. The summed E-state index contributed by atoms with van der Waals surface area (Å²) in [6, 6.07) is 0. The molecule has 0 fully saturated rings. The standard InChI is InChI=1S/C5H4ClN3O2/c1-11-4(10)3-2-7-9-5(6)8-3/h2H,1H3. The topological polar surface area (TPSA) is 65.0 Å². The molecule has 0 saturated heterocycles. The third-order valence-corrected chi connectivity index (χ3v) is 1.09. The van der Waals surface area contributed by atoms with Crippen LogP contribution >= 0.6 is 11.6 Å². The molecular weight excluding hydrogens is 170 g/mol. The molecule has 11 heavy (non-hydrogen) atoms. The number of hydrogen-bond donors (Lipinski definition) is 0. The fraction of sp³-hybridized carbons (Fsp3) is 0.200. The lowest BCUT2D eigenvalue weighted by Crippen LogP contribution is -2.05. The Balaban J connectivity index is 2.96. The molecule has 1 rings (SSSR count). The number of esters is 1. The Morgan fingerprint density at radius 1 is 1.73 bits per heavy atom. The van der Waals surface area contributed by atoms with E-state index in [0.717, 1.165) is 0 Å². The van der Waals surface area contributed by atoms with E-state index >= 15 is 0 Å². The lowest BCUT2D eigenvalue weighted by Gasteiger charge is -1.94. The van der Waals surface area contributed by atoms with Crippen LogP contribution in [0.3, 0.4) is 0 Å². The molecule has 0 aliphatic heterocycles. The van der Waals surface area contributed by atoms with Gasteiger partial charge in [-0.05, 0) is 11.6 Å². The van der Waals surface area contributed by atoms with Crippen molar-refractivity contribution in [3.63, 3.8) is 0 Å². The minimum Gasteiger partial charge on any atom is -0.464 e. The van der Waals surface area contributed by atoms with Gasteiger partial charge in [-0.1, -0.05) is 0 Å². The SMILES string of the molecule is COC(=O)c1cnnc(Cl)n1. The quantitative estimate of drug-likeness (QED) is 0.572. The maximum absolute atomic E-state index is 10.8. The van der Waals surface area contributed by atoms with Crippen LogP contribution in [0.25, 0.3) is 0 Å². The molecule has 1 aromatic heterocycles. The minimum absolute atomic E-state index is 0.0486. The van der Waals surface area contributed by atoms with Crippen molar-refractivity contribution in [1.29, 1.82) is 0 Å². The van der Waals surface area contributed by atoms with Gasteiger partial charge in [0.25, 0.3) is 0 Å². The first-order chi connectivity index (χ1) is 5.24. The predicted molar refractivity (Wildman–Crippen MR) is 36.2 cm³/mol. The molecule has 5 nitrogen and oxygen atoms in total. The number of nitrogens with zero attached hydrogens (tertiary/aromatic N) is 3. The highest BCUT2D eigenvalue weighted by Gasteiger charge is 2.07. The average molecular weight is 174 g/mol. The first kappa shape index (κ1) is 7.87. The van der Waals surface area contributed by atoms with Crippen LogP contribution in [0.1, 0.15) is 10.5 Å². The van der Waals surface area contributed by atoms with Crippen LogP contribution in [0.4, 0.5) is 0 Å². The number of carbonyl (C=O) groups excluding carboxylic acids is 1. The molecule has 0 amide bonds. The fourth-order valence-electron chi connectivity index (χ4n) is 0.485. The highest BCUT2D eigenvalue weighted by molar-refractivity contribution is 6.28. The van der Waals surface area contributed by atoms with E-state index in [2.05, 4.69) is 19.9 Å². The molecule has 0 aliphatic carbocycles. The molecule has 0 spiro atoms. The summed E-state index contributed by atoms with van der Waals surface area (Å²) in [5.74, 6) is -0.582. The molecule has 0 atom stereocenters. The third-order valence-electron chi connectivity index (χ3n) is 0.928. The maximum Gasteiger partial charge on any atom is 0.358 e. The summed E-state index contributed by atoms with van der Waals surface area (Å²) in [4.78, 5) is 14.3. The Hall–Kier alpha value is -1.23. The van der Waals surface area contributed by atoms with Gasteiger partial charge in [0.2, 0.25) is 5.28 Å². The molecule has 58 valence electrons. The Morgan fingerprint density at radius 2 is 2.45 bits per heavy atom. The zero-order valence-electron chi connectivity index (χ0n) is 5.61. The highest BCUT2D eigenvalue weighted by Crippen LogP contribution is 1.99. The number of aromatic nitrogens is 3. The van der Waals surface area contributed by atoms with E-state index in [0.29, 0.717) is 0 Å². The highest BCUT2D eigenvalue weighted by atomic mass is 35.5. The molecule has 0 unspecified atom stereocenters. The Labute approximate surface area is 67.4 Å². The van der Waals surface area contributed by atoms with Crippen molar-refractivity contribution in [2.24, 2.45) is 0 Å². The number of methoxy groups -OCH3 is 1. The van der Waals surface area contributed by atoms with Gasteiger partial charge in [0, 0.05) is 0 Å². The second-order valence-electron chi connectivity index (χ2n) is 1.60. The van der Waals surface area contributed by atoms with Crippen molar-refractivity contribution < 1.29 is 9.53 Å². The summed E-state index contributed by atoms with van der Waals surface area (Å²) in [5, 5.41) is 6.69. The summed E-state index contributed by atoms with van der Waals surface area (Å²) < 4.78 is 4.36. The van der Waals surface area contributed by atoms with Gasteiger partial charge in [-0.15, -0.1) is 5.10 Å². The number of ether oxygens (including phenoxy) is 1. The third kappa shape index (κ3) is 1.84.